The molecule has 1 aliphatic rings. The summed E-state index contributed by atoms with van der Waals surface area (Å²) in [5.74, 6) is 0.363. The van der Waals surface area contributed by atoms with Gasteiger partial charge in [0.2, 0.25) is 0 Å². The number of amides is 1. The average Bonchev–Trinajstić information content (AvgIpc) is 3.43. The Morgan fingerprint density at radius 3 is 2.61 bits per heavy atom. The van der Waals surface area contributed by atoms with Crippen molar-refractivity contribution < 1.29 is 9.53 Å². The van der Waals surface area contributed by atoms with Gasteiger partial charge in [-0.2, -0.15) is 15.0 Å². The number of aryl methyl sites for hydroxylation is 2. The first-order valence-electron chi connectivity index (χ1n) is 11.5. The van der Waals surface area contributed by atoms with Gasteiger partial charge in [0.1, 0.15) is 16.6 Å². The number of imidazole rings is 1. The number of piperidine rings is 1. The van der Waals surface area contributed by atoms with E-state index in [0.717, 1.165) is 46.5 Å². The molecule has 1 amide bonds. The third-order valence-electron chi connectivity index (χ3n) is 6.07. The van der Waals surface area contributed by atoms with Gasteiger partial charge < -0.3 is 9.64 Å². The maximum atomic E-state index is 12.3. The minimum Gasteiger partial charge on any atom is -0.444 e. The number of aromatic nitrogens is 5. The molecule has 0 saturated carbocycles. The van der Waals surface area contributed by atoms with Gasteiger partial charge in [0.15, 0.2) is 4.96 Å². The molecule has 0 spiro atoms. The Balaban J connectivity index is 1.33. The minimum absolute atomic E-state index is 0.220. The molecule has 0 N–H and O–H groups in total. The van der Waals surface area contributed by atoms with Crippen molar-refractivity contribution in [2.75, 3.05) is 13.1 Å². The van der Waals surface area contributed by atoms with Gasteiger partial charge in [0.05, 0.1) is 10.6 Å². The molecular formula is C24H30N6O2S. The zero-order chi connectivity index (χ0) is 23.3. The summed E-state index contributed by atoms with van der Waals surface area (Å²) < 4.78 is 7.64. The Kier molecular flexibility index (Phi) is 5.39. The quantitative estimate of drug-likeness (QED) is 0.424. The molecular weight excluding hydrogens is 436 g/mol. The van der Waals surface area contributed by atoms with Crippen molar-refractivity contribution >= 4 is 33.4 Å². The number of benzene rings is 1. The third-order valence-corrected chi connectivity index (χ3v) is 7.12. The van der Waals surface area contributed by atoms with Crippen LogP contribution in [-0.2, 0) is 18.2 Å². The molecule has 1 aromatic carbocycles. The van der Waals surface area contributed by atoms with Crippen LogP contribution in [0.5, 0.6) is 0 Å². The van der Waals surface area contributed by atoms with Crippen LogP contribution in [0.3, 0.4) is 0 Å². The molecule has 9 heteroatoms. The highest BCUT2D eigenvalue weighted by Crippen LogP contribution is 2.34. The van der Waals surface area contributed by atoms with E-state index >= 15 is 0 Å². The van der Waals surface area contributed by atoms with Gasteiger partial charge in [-0.05, 0) is 63.3 Å². The highest BCUT2D eigenvalue weighted by Gasteiger charge is 2.28. The number of hydrogen-bond acceptors (Lipinski definition) is 6. The second-order valence-corrected chi connectivity index (χ2v) is 10.7. The van der Waals surface area contributed by atoms with E-state index in [0.29, 0.717) is 19.0 Å². The molecule has 1 saturated heterocycles. The van der Waals surface area contributed by atoms with E-state index < -0.39 is 5.60 Å². The maximum Gasteiger partial charge on any atom is 0.410 e. The molecule has 0 aliphatic carbocycles. The van der Waals surface area contributed by atoms with Crippen LogP contribution in [0, 0.1) is 0 Å². The molecule has 1 fully saturated rings. The van der Waals surface area contributed by atoms with Crippen LogP contribution in [0.2, 0.25) is 0 Å². The fraction of sp³-hybridized carbons (Fsp3) is 0.500. The number of hydrogen-bond donors (Lipinski definition) is 0. The third kappa shape index (κ3) is 4.34. The van der Waals surface area contributed by atoms with Crippen molar-refractivity contribution in [3.8, 4) is 10.4 Å². The molecule has 174 valence electrons. The van der Waals surface area contributed by atoms with Crippen molar-refractivity contribution in [3.05, 3.63) is 35.8 Å². The summed E-state index contributed by atoms with van der Waals surface area (Å²) in [6.45, 7) is 9.26. The highest BCUT2D eigenvalue weighted by atomic mass is 32.1. The van der Waals surface area contributed by atoms with Gasteiger partial charge in [-0.1, -0.05) is 18.3 Å². The van der Waals surface area contributed by atoms with E-state index in [4.69, 9.17) is 9.72 Å². The zero-order valence-corrected chi connectivity index (χ0v) is 20.6. The molecule has 5 rings (SSSR count). The zero-order valence-electron chi connectivity index (χ0n) is 19.8. The van der Waals surface area contributed by atoms with E-state index in [1.165, 1.54) is 10.4 Å². The molecule has 4 heterocycles. The van der Waals surface area contributed by atoms with E-state index in [1.54, 1.807) is 16.1 Å². The normalized spacial score (nSPS) is 15.6. The second-order valence-electron chi connectivity index (χ2n) is 9.74. The molecule has 1 aliphatic heterocycles. The fourth-order valence-corrected chi connectivity index (χ4v) is 5.39. The van der Waals surface area contributed by atoms with Crippen molar-refractivity contribution in [1.82, 2.24) is 29.3 Å². The number of nitrogens with zero attached hydrogens (tertiary/aromatic N) is 6. The predicted octanol–water partition coefficient (Wildman–Crippen LogP) is 5.02. The summed E-state index contributed by atoms with van der Waals surface area (Å²) in [5.41, 5.74) is 4.91. The van der Waals surface area contributed by atoms with Crippen molar-refractivity contribution in [2.24, 2.45) is 7.05 Å². The first-order valence-corrected chi connectivity index (χ1v) is 12.3. The Morgan fingerprint density at radius 2 is 1.94 bits per heavy atom. The lowest BCUT2D eigenvalue weighted by atomic mass is 9.94. The number of fused-ring (bicyclic) bond motifs is 2. The van der Waals surface area contributed by atoms with Gasteiger partial charge in [-0.25, -0.2) is 9.78 Å². The topological polar surface area (TPSA) is 77.5 Å². The molecule has 3 aromatic heterocycles. The number of carbonyl (C=O) groups is 1. The molecule has 0 atom stereocenters. The van der Waals surface area contributed by atoms with Gasteiger partial charge in [0.25, 0.3) is 0 Å². The first-order chi connectivity index (χ1) is 15.7. The van der Waals surface area contributed by atoms with Gasteiger partial charge in [-0.15, -0.1) is 0 Å². The highest BCUT2D eigenvalue weighted by molar-refractivity contribution is 7.20. The molecule has 0 bridgehead atoms. The van der Waals surface area contributed by atoms with Crippen LogP contribution < -0.4 is 0 Å². The fourth-order valence-electron chi connectivity index (χ4n) is 4.43. The van der Waals surface area contributed by atoms with Crippen LogP contribution in [0.4, 0.5) is 4.79 Å². The molecule has 0 radical (unpaired) electrons. The summed E-state index contributed by atoms with van der Waals surface area (Å²) in [5, 5.41) is 9.02. The van der Waals surface area contributed by atoms with Crippen LogP contribution >= 0.6 is 11.3 Å². The summed E-state index contributed by atoms with van der Waals surface area (Å²) in [6.07, 6.45) is 6.80. The monoisotopic (exact) mass is 466 g/mol. The minimum atomic E-state index is -0.463. The number of carbonyl (C=O) groups excluding carboxylic acids is 1. The summed E-state index contributed by atoms with van der Waals surface area (Å²) >= 11 is 1.69. The largest absolute Gasteiger partial charge is 0.444 e. The lowest BCUT2D eigenvalue weighted by Crippen LogP contribution is -2.41. The molecule has 4 aromatic rings. The Bertz CT molecular complexity index is 1290. The molecule has 0 unspecified atom stereocenters. The Labute approximate surface area is 197 Å². The lowest BCUT2D eigenvalue weighted by Gasteiger charge is -2.32. The van der Waals surface area contributed by atoms with E-state index in [-0.39, 0.29) is 6.09 Å². The molecule has 33 heavy (non-hydrogen) atoms. The van der Waals surface area contributed by atoms with Crippen LogP contribution in [0.15, 0.2) is 24.5 Å². The van der Waals surface area contributed by atoms with E-state index in [1.807, 2.05) is 32.7 Å². The average molecular weight is 467 g/mol. The summed E-state index contributed by atoms with van der Waals surface area (Å²) in [6, 6.07) is 4.33. The van der Waals surface area contributed by atoms with E-state index in [9.17, 15) is 4.79 Å². The smallest absolute Gasteiger partial charge is 0.410 e. The number of ether oxygens (including phenoxy) is 1. The van der Waals surface area contributed by atoms with Crippen molar-refractivity contribution in [1.29, 1.82) is 0 Å². The van der Waals surface area contributed by atoms with Crippen LogP contribution in [0.1, 0.15) is 57.7 Å². The number of rotatable bonds is 3. The molecule has 8 nitrogen and oxygen atoms in total. The second kappa shape index (κ2) is 8.13. The Hall–Kier alpha value is -2.94. The number of thiazole rings is 1. The summed E-state index contributed by atoms with van der Waals surface area (Å²) in [7, 11) is 1.86. The van der Waals surface area contributed by atoms with Gasteiger partial charge >= 0.3 is 6.09 Å². The first kappa shape index (κ1) is 21.9. The van der Waals surface area contributed by atoms with Crippen LogP contribution in [-0.4, -0.2) is 54.1 Å². The van der Waals surface area contributed by atoms with Crippen LogP contribution in [0.25, 0.3) is 26.4 Å². The Morgan fingerprint density at radius 1 is 1.18 bits per heavy atom. The predicted molar refractivity (Wildman–Crippen MR) is 130 cm³/mol. The standard InChI is InChI=1S/C24H30N6O2S/c1-6-15-11-17(12-18-21(15)27-28(5)26-18)20-14-30-13-19(25-22(30)33-20)16-7-9-29(10-8-16)23(31)32-24(2,3)4/h11-14,16H,6-10H2,1-5H3. The lowest BCUT2D eigenvalue weighted by molar-refractivity contribution is 0.0204. The van der Waals surface area contributed by atoms with Crippen molar-refractivity contribution in [3.63, 3.8) is 0 Å². The van der Waals surface area contributed by atoms with E-state index in [2.05, 4.69) is 46.0 Å². The van der Waals surface area contributed by atoms with Gasteiger partial charge in [-0.3, -0.25) is 4.40 Å². The van der Waals surface area contributed by atoms with Gasteiger partial charge in [0, 0.05) is 38.4 Å². The van der Waals surface area contributed by atoms with Crippen molar-refractivity contribution in [2.45, 2.75) is 58.5 Å². The number of likely N-dealkylation sites (tertiary alicyclic amines) is 1. The SMILES string of the molecule is CCc1cc(-c2cn3cc(C4CCN(C(=O)OC(C)(C)C)CC4)nc3s2)cc2nn(C)nc12. The maximum absolute atomic E-state index is 12.3. The summed E-state index contributed by atoms with van der Waals surface area (Å²) in [4.78, 5) is 22.9.